The number of hydrogen-bond acceptors (Lipinski definition) is 4. The third-order valence-electron chi connectivity index (χ3n) is 5.20. The molecule has 2 heterocycles. The number of rotatable bonds is 10. The Morgan fingerprint density at radius 3 is 2.50 bits per heavy atom. The van der Waals surface area contributed by atoms with Gasteiger partial charge in [0.15, 0.2) is 0 Å². The van der Waals surface area contributed by atoms with E-state index in [2.05, 4.69) is 52.7 Å². The fraction of sp³-hybridized carbons (Fsp3) is 0.222. The molecule has 0 unspecified atom stereocenters. The summed E-state index contributed by atoms with van der Waals surface area (Å²) in [6.07, 6.45) is 5.35. The van der Waals surface area contributed by atoms with Gasteiger partial charge in [0.2, 0.25) is 0 Å². The molecule has 0 saturated carbocycles. The molecular weight excluding hydrogens is 418 g/mol. The van der Waals surface area contributed by atoms with Crippen molar-refractivity contribution in [3.05, 3.63) is 101 Å². The number of aromatic nitrogens is 1. The van der Waals surface area contributed by atoms with Gasteiger partial charge < -0.3 is 14.0 Å². The van der Waals surface area contributed by atoms with Crippen LogP contribution in [0.2, 0.25) is 0 Å². The molecule has 0 atom stereocenters. The molecule has 32 heavy (non-hydrogen) atoms. The zero-order chi connectivity index (χ0) is 22.2. The van der Waals surface area contributed by atoms with E-state index in [9.17, 15) is 4.79 Å². The summed E-state index contributed by atoms with van der Waals surface area (Å²) in [5.74, 6) is 0.715. The molecule has 0 fully saturated rings. The summed E-state index contributed by atoms with van der Waals surface area (Å²) < 4.78 is 13.2. The second-order valence-corrected chi connectivity index (χ2v) is 8.58. The summed E-state index contributed by atoms with van der Waals surface area (Å²) >= 11 is 1.70. The largest absolute Gasteiger partial charge is 0.488 e. The topological polar surface area (TPSA) is 40.5 Å². The standard InChI is InChI=1S/C27H27NO3S/c1-2-30-27(29)15-12-23-18-28(19-26(23)22-7-4-3-5-8-22)17-21-10-13-24(14-11-21)31-20-25-9-6-16-32-25/h3-11,13-14,16,18-19H,2,12,15,17,20H2,1H3. The van der Waals surface area contributed by atoms with Crippen molar-refractivity contribution in [3.63, 3.8) is 0 Å². The number of hydrogen-bond donors (Lipinski definition) is 0. The van der Waals surface area contributed by atoms with Gasteiger partial charge in [0.05, 0.1) is 6.61 Å². The summed E-state index contributed by atoms with van der Waals surface area (Å²) in [6.45, 7) is 3.60. The smallest absolute Gasteiger partial charge is 0.306 e. The summed E-state index contributed by atoms with van der Waals surface area (Å²) in [7, 11) is 0. The van der Waals surface area contributed by atoms with E-state index in [4.69, 9.17) is 9.47 Å². The van der Waals surface area contributed by atoms with Gasteiger partial charge in [-0.05, 0) is 53.6 Å². The Hall–Kier alpha value is -3.31. The Morgan fingerprint density at radius 1 is 0.969 bits per heavy atom. The quantitative estimate of drug-likeness (QED) is 0.267. The van der Waals surface area contributed by atoms with E-state index < -0.39 is 0 Å². The number of carbonyl (C=O) groups is 1. The van der Waals surface area contributed by atoms with E-state index >= 15 is 0 Å². The maximum Gasteiger partial charge on any atom is 0.306 e. The van der Waals surface area contributed by atoms with Crippen molar-refractivity contribution in [2.75, 3.05) is 6.61 Å². The van der Waals surface area contributed by atoms with E-state index in [1.807, 2.05) is 43.3 Å². The lowest BCUT2D eigenvalue weighted by atomic mass is 10.0. The van der Waals surface area contributed by atoms with Crippen molar-refractivity contribution in [1.82, 2.24) is 4.57 Å². The predicted octanol–water partition coefficient (Wildman–Crippen LogP) is 6.34. The van der Waals surface area contributed by atoms with Gasteiger partial charge in [-0.15, -0.1) is 11.3 Å². The first kappa shape index (κ1) is 21.9. The van der Waals surface area contributed by atoms with Gasteiger partial charge >= 0.3 is 5.97 Å². The Kier molecular flexibility index (Phi) is 7.41. The Labute approximate surface area is 193 Å². The molecule has 5 heteroatoms. The first-order valence-electron chi connectivity index (χ1n) is 10.8. The number of thiophene rings is 1. The van der Waals surface area contributed by atoms with Gasteiger partial charge in [0.1, 0.15) is 12.4 Å². The average Bonchev–Trinajstić information content (AvgIpc) is 3.48. The third-order valence-corrected chi connectivity index (χ3v) is 6.05. The highest BCUT2D eigenvalue weighted by atomic mass is 32.1. The van der Waals surface area contributed by atoms with Gasteiger partial charge in [-0.2, -0.15) is 0 Å². The van der Waals surface area contributed by atoms with Crippen LogP contribution in [0.1, 0.15) is 29.3 Å². The molecule has 2 aromatic carbocycles. The van der Waals surface area contributed by atoms with Crippen LogP contribution < -0.4 is 4.74 Å². The zero-order valence-electron chi connectivity index (χ0n) is 18.2. The molecule has 0 spiro atoms. The Bertz CT molecular complexity index is 1120. The van der Waals surface area contributed by atoms with Crippen molar-refractivity contribution in [2.24, 2.45) is 0 Å². The fourth-order valence-corrected chi connectivity index (χ4v) is 4.26. The number of ether oxygens (including phenoxy) is 2. The van der Waals surface area contributed by atoms with Gasteiger partial charge in [0.25, 0.3) is 0 Å². The SMILES string of the molecule is CCOC(=O)CCc1cn(Cc2ccc(OCc3cccs3)cc2)cc1-c1ccccc1. The van der Waals surface area contributed by atoms with Crippen molar-refractivity contribution >= 4 is 17.3 Å². The fourth-order valence-electron chi connectivity index (χ4n) is 3.64. The molecule has 0 radical (unpaired) electrons. The zero-order valence-corrected chi connectivity index (χ0v) is 19.0. The van der Waals surface area contributed by atoms with Crippen LogP contribution in [0.25, 0.3) is 11.1 Å². The maximum atomic E-state index is 11.9. The molecule has 0 aliphatic heterocycles. The summed E-state index contributed by atoms with van der Waals surface area (Å²) in [5, 5.41) is 2.06. The minimum absolute atomic E-state index is 0.155. The summed E-state index contributed by atoms with van der Waals surface area (Å²) in [4.78, 5) is 13.1. The maximum absolute atomic E-state index is 11.9. The van der Waals surface area contributed by atoms with Crippen LogP contribution in [0, 0.1) is 0 Å². The average molecular weight is 446 g/mol. The monoisotopic (exact) mass is 445 g/mol. The van der Waals surface area contributed by atoms with E-state index in [1.54, 1.807) is 11.3 Å². The highest BCUT2D eigenvalue weighted by Crippen LogP contribution is 2.27. The second kappa shape index (κ2) is 10.8. The van der Waals surface area contributed by atoms with Crippen LogP contribution >= 0.6 is 11.3 Å². The Balaban J connectivity index is 1.46. The molecule has 0 bridgehead atoms. The van der Waals surface area contributed by atoms with Gasteiger partial charge in [-0.1, -0.05) is 48.5 Å². The van der Waals surface area contributed by atoms with Crippen LogP contribution in [-0.2, 0) is 29.1 Å². The molecule has 4 rings (SSSR count). The molecule has 0 aliphatic rings. The lowest BCUT2D eigenvalue weighted by molar-refractivity contribution is -0.143. The van der Waals surface area contributed by atoms with Gasteiger partial charge in [-0.3, -0.25) is 4.79 Å². The molecule has 4 nitrogen and oxygen atoms in total. The number of nitrogens with zero attached hydrogens (tertiary/aromatic N) is 1. The van der Waals surface area contributed by atoms with Crippen LogP contribution in [0.5, 0.6) is 5.75 Å². The summed E-state index contributed by atoms with van der Waals surface area (Å²) in [6, 6.07) is 22.7. The molecule has 0 amide bonds. The lowest BCUT2D eigenvalue weighted by Gasteiger charge is -2.07. The van der Waals surface area contributed by atoms with Crippen molar-refractivity contribution in [1.29, 1.82) is 0 Å². The minimum Gasteiger partial charge on any atom is -0.488 e. The third kappa shape index (κ3) is 5.89. The predicted molar refractivity (Wildman–Crippen MR) is 129 cm³/mol. The molecule has 0 N–H and O–H groups in total. The molecular formula is C27H27NO3S. The lowest BCUT2D eigenvalue weighted by Crippen LogP contribution is -2.05. The Morgan fingerprint density at radius 2 is 1.78 bits per heavy atom. The van der Waals surface area contributed by atoms with Crippen molar-refractivity contribution in [3.8, 4) is 16.9 Å². The van der Waals surface area contributed by atoms with Gasteiger partial charge in [0, 0.05) is 35.8 Å². The van der Waals surface area contributed by atoms with Crippen LogP contribution in [0.4, 0.5) is 0 Å². The van der Waals surface area contributed by atoms with Crippen LogP contribution in [0.3, 0.4) is 0 Å². The normalized spacial score (nSPS) is 10.8. The van der Waals surface area contributed by atoms with Crippen molar-refractivity contribution in [2.45, 2.75) is 32.9 Å². The molecule has 0 aliphatic carbocycles. The second-order valence-electron chi connectivity index (χ2n) is 7.55. The summed E-state index contributed by atoms with van der Waals surface area (Å²) in [5.41, 5.74) is 4.66. The molecule has 0 saturated heterocycles. The van der Waals surface area contributed by atoms with E-state index in [1.165, 1.54) is 10.4 Å². The molecule has 2 aromatic heterocycles. The van der Waals surface area contributed by atoms with Crippen molar-refractivity contribution < 1.29 is 14.3 Å². The van der Waals surface area contributed by atoms with Gasteiger partial charge in [-0.25, -0.2) is 0 Å². The number of carbonyl (C=O) groups excluding carboxylic acids is 1. The molecule has 4 aromatic rings. The number of aryl methyl sites for hydroxylation is 1. The van der Waals surface area contributed by atoms with Crippen LogP contribution in [0.15, 0.2) is 84.5 Å². The highest BCUT2D eigenvalue weighted by Gasteiger charge is 2.12. The minimum atomic E-state index is -0.155. The first-order valence-corrected chi connectivity index (χ1v) is 11.7. The number of benzene rings is 2. The first-order chi connectivity index (χ1) is 15.7. The highest BCUT2D eigenvalue weighted by molar-refractivity contribution is 7.09. The number of esters is 1. The van der Waals surface area contributed by atoms with E-state index in [0.717, 1.165) is 29.0 Å². The van der Waals surface area contributed by atoms with Crippen LogP contribution in [-0.4, -0.2) is 17.1 Å². The molecule has 164 valence electrons. The van der Waals surface area contributed by atoms with E-state index in [-0.39, 0.29) is 5.97 Å². The van der Waals surface area contributed by atoms with E-state index in [0.29, 0.717) is 26.1 Å².